The number of amidine groups is 1. The van der Waals surface area contributed by atoms with Gasteiger partial charge in [-0.15, -0.1) is 0 Å². The predicted octanol–water partition coefficient (Wildman–Crippen LogP) is 1.02. The van der Waals surface area contributed by atoms with Crippen molar-refractivity contribution < 1.29 is 0 Å². The van der Waals surface area contributed by atoms with Crippen molar-refractivity contribution in [2.45, 2.75) is 19.4 Å². The number of hydrogen-bond acceptors (Lipinski definition) is 4. The number of hydrogen-bond donors (Lipinski definition) is 1. The van der Waals surface area contributed by atoms with Gasteiger partial charge < -0.3 is 10.2 Å². The van der Waals surface area contributed by atoms with Crippen molar-refractivity contribution in [2.24, 2.45) is 4.99 Å². The second-order valence-electron chi connectivity index (χ2n) is 3.70. The number of thioether (sulfide) groups is 1. The molecule has 3 nitrogen and oxygen atoms in total. The van der Waals surface area contributed by atoms with Gasteiger partial charge in [0.2, 0.25) is 0 Å². The minimum Gasteiger partial charge on any atom is -0.361 e. The Kier molecular flexibility index (Phi) is 4.59. The Bertz CT molecular complexity index is 180. The van der Waals surface area contributed by atoms with E-state index in [1.54, 1.807) is 0 Å². The lowest BCUT2D eigenvalue weighted by Crippen LogP contribution is -2.39. The minimum atomic E-state index is 0.486. The summed E-state index contributed by atoms with van der Waals surface area (Å²) in [4.78, 5) is 6.61. The van der Waals surface area contributed by atoms with Crippen molar-refractivity contribution in [1.29, 1.82) is 0 Å². The Hall–Kier alpha value is -0.220. The molecule has 1 rings (SSSR count). The molecule has 0 aliphatic carbocycles. The lowest BCUT2D eigenvalue weighted by molar-refractivity contribution is 0.370. The molecule has 0 fully saturated rings. The first-order valence-electron chi connectivity index (χ1n) is 4.77. The molecule has 4 heteroatoms. The first kappa shape index (κ1) is 10.9. The Labute approximate surface area is 85.0 Å². The van der Waals surface area contributed by atoms with Crippen LogP contribution in [0, 0.1) is 0 Å². The van der Waals surface area contributed by atoms with Gasteiger partial charge in [0.25, 0.3) is 0 Å². The Morgan fingerprint density at radius 3 is 2.92 bits per heavy atom. The Morgan fingerprint density at radius 2 is 2.38 bits per heavy atom. The largest absolute Gasteiger partial charge is 0.361 e. The van der Waals surface area contributed by atoms with Crippen LogP contribution in [0.2, 0.25) is 0 Å². The molecule has 0 aromatic carbocycles. The van der Waals surface area contributed by atoms with Crippen molar-refractivity contribution in [1.82, 2.24) is 10.2 Å². The molecule has 1 unspecified atom stereocenters. The molecule has 0 aromatic rings. The second-order valence-corrected chi connectivity index (χ2v) is 4.78. The fraction of sp³-hybridized carbons (Fsp3) is 0.889. The van der Waals surface area contributed by atoms with Gasteiger partial charge in [-0.25, -0.2) is 0 Å². The maximum Gasteiger partial charge on any atom is 0.156 e. The highest BCUT2D eigenvalue weighted by molar-refractivity contribution is 8.13. The maximum atomic E-state index is 4.43. The zero-order chi connectivity index (χ0) is 9.68. The van der Waals surface area contributed by atoms with E-state index in [0.29, 0.717) is 6.04 Å². The van der Waals surface area contributed by atoms with Crippen LogP contribution < -0.4 is 5.32 Å². The number of aliphatic imine (C=N–C) groups is 1. The summed E-state index contributed by atoms with van der Waals surface area (Å²) < 4.78 is 0. The summed E-state index contributed by atoms with van der Waals surface area (Å²) in [6.45, 7) is 4.24. The van der Waals surface area contributed by atoms with Crippen LogP contribution in [-0.4, -0.2) is 49.0 Å². The summed E-state index contributed by atoms with van der Waals surface area (Å²) in [7, 11) is 4.18. The number of rotatable bonds is 3. The molecule has 0 saturated carbocycles. The zero-order valence-corrected chi connectivity index (χ0v) is 9.52. The molecule has 1 aliphatic rings. The average Bonchev–Trinajstić information content (AvgIpc) is 2.04. The lowest BCUT2D eigenvalue weighted by atomic mass is 10.3. The van der Waals surface area contributed by atoms with Gasteiger partial charge in [0.05, 0.1) is 0 Å². The molecule has 0 aromatic heterocycles. The molecule has 0 spiro atoms. The van der Waals surface area contributed by atoms with Crippen LogP contribution in [0.15, 0.2) is 4.99 Å². The van der Waals surface area contributed by atoms with Crippen molar-refractivity contribution in [3.63, 3.8) is 0 Å². The molecule has 0 amide bonds. The molecule has 0 bridgehead atoms. The van der Waals surface area contributed by atoms with E-state index in [1.165, 1.54) is 12.2 Å². The quantitative estimate of drug-likeness (QED) is 0.739. The van der Waals surface area contributed by atoms with Gasteiger partial charge in [-0.3, -0.25) is 4.99 Å². The molecule has 1 N–H and O–H groups in total. The van der Waals surface area contributed by atoms with Gasteiger partial charge in [-0.1, -0.05) is 11.8 Å². The van der Waals surface area contributed by atoms with E-state index >= 15 is 0 Å². The first-order chi connectivity index (χ1) is 6.18. The summed E-state index contributed by atoms with van der Waals surface area (Å²) in [5.41, 5.74) is 0. The van der Waals surface area contributed by atoms with E-state index in [2.05, 4.69) is 36.2 Å². The predicted molar refractivity (Wildman–Crippen MR) is 60.5 cm³/mol. The molecular weight excluding hydrogens is 182 g/mol. The highest BCUT2D eigenvalue weighted by atomic mass is 32.2. The molecule has 1 atom stereocenters. The van der Waals surface area contributed by atoms with Crippen LogP contribution in [0.1, 0.15) is 13.3 Å². The normalized spacial score (nSPS) is 19.8. The third-order valence-corrected chi connectivity index (χ3v) is 2.82. The first-order valence-corrected chi connectivity index (χ1v) is 5.75. The molecular formula is C9H19N3S. The average molecular weight is 201 g/mol. The summed E-state index contributed by atoms with van der Waals surface area (Å²) in [5.74, 6) is 1.21. The monoisotopic (exact) mass is 201 g/mol. The number of nitrogens with one attached hydrogen (secondary N) is 1. The van der Waals surface area contributed by atoms with E-state index in [1.807, 2.05) is 11.8 Å². The summed E-state index contributed by atoms with van der Waals surface area (Å²) in [6, 6.07) is 0.486. The van der Waals surface area contributed by atoms with Gasteiger partial charge in [-0.2, -0.15) is 0 Å². The fourth-order valence-corrected chi connectivity index (χ4v) is 2.28. The van der Waals surface area contributed by atoms with Crippen molar-refractivity contribution in [2.75, 3.05) is 32.9 Å². The van der Waals surface area contributed by atoms with Crippen LogP contribution >= 0.6 is 11.8 Å². The van der Waals surface area contributed by atoms with E-state index in [4.69, 9.17) is 0 Å². The van der Waals surface area contributed by atoms with Gasteiger partial charge in [0.1, 0.15) is 0 Å². The second kappa shape index (κ2) is 5.50. The van der Waals surface area contributed by atoms with Gasteiger partial charge in [-0.05, 0) is 27.4 Å². The molecule has 1 heterocycles. The summed E-state index contributed by atoms with van der Waals surface area (Å²) in [6.07, 6.45) is 1.22. The van der Waals surface area contributed by atoms with Crippen LogP contribution in [-0.2, 0) is 0 Å². The standard InChI is InChI=1S/C9H19N3S/c1-8(7-12(2)3)11-9-10-5-4-6-13-9/h8H,4-7H2,1-3H3,(H,10,11). The lowest BCUT2D eigenvalue weighted by Gasteiger charge is -2.21. The van der Waals surface area contributed by atoms with Crippen molar-refractivity contribution >= 4 is 16.9 Å². The van der Waals surface area contributed by atoms with E-state index in [0.717, 1.165) is 18.3 Å². The minimum absolute atomic E-state index is 0.486. The molecule has 13 heavy (non-hydrogen) atoms. The summed E-state index contributed by atoms with van der Waals surface area (Å²) in [5, 5.41) is 4.55. The van der Waals surface area contributed by atoms with E-state index in [9.17, 15) is 0 Å². The third kappa shape index (κ3) is 4.52. The van der Waals surface area contributed by atoms with Crippen LogP contribution in [0.5, 0.6) is 0 Å². The molecule has 76 valence electrons. The van der Waals surface area contributed by atoms with Crippen LogP contribution in [0.3, 0.4) is 0 Å². The molecule has 0 radical (unpaired) electrons. The number of nitrogens with zero attached hydrogens (tertiary/aromatic N) is 2. The Balaban J connectivity index is 2.26. The highest BCUT2D eigenvalue weighted by Gasteiger charge is 2.09. The smallest absolute Gasteiger partial charge is 0.156 e. The van der Waals surface area contributed by atoms with Crippen molar-refractivity contribution in [3.8, 4) is 0 Å². The van der Waals surface area contributed by atoms with E-state index in [-0.39, 0.29) is 0 Å². The zero-order valence-electron chi connectivity index (χ0n) is 8.71. The van der Waals surface area contributed by atoms with Crippen LogP contribution in [0.4, 0.5) is 0 Å². The van der Waals surface area contributed by atoms with Gasteiger partial charge in [0, 0.05) is 24.9 Å². The summed E-state index contributed by atoms with van der Waals surface area (Å²) >= 11 is 1.84. The van der Waals surface area contributed by atoms with Crippen LogP contribution in [0.25, 0.3) is 0 Å². The topological polar surface area (TPSA) is 27.6 Å². The third-order valence-electron chi connectivity index (χ3n) is 1.81. The fourth-order valence-electron chi connectivity index (χ4n) is 1.35. The van der Waals surface area contributed by atoms with E-state index < -0.39 is 0 Å². The highest BCUT2D eigenvalue weighted by Crippen LogP contribution is 2.10. The van der Waals surface area contributed by atoms with Gasteiger partial charge >= 0.3 is 0 Å². The number of likely N-dealkylation sites (N-methyl/N-ethyl adjacent to an activating group) is 1. The molecule has 1 aliphatic heterocycles. The van der Waals surface area contributed by atoms with Crippen molar-refractivity contribution in [3.05, 3.63) is 0 Å². The molecule has 0 saturated heterocycles. The maximum absolute atomic E-state index is 4.43. The SMILES string of the molecule is CC(CN(C)C)NC1=NCCCS1. The Morgan fingerprint density at radius 1 is 1.62 bits per heavy atom. The van der Waals surface area contributed by atoms with Gasteiger partial charge in [0.15, 0.2) is 5.17 Å².